The average molecular weight is 247 g/mol. The molecular weight excluding hydrogens is 230 g/mol. The van der Waals surface area contributed by atoms with Crippen molar-refractivity contribution in [1.29, 1.82) is 0 Å². The maximum atomic E-state index is 11.6. The molecule has 96 valence electrons. The molecule has 0 aliphatic carbocycles. The van der Waals surface area contributed by atoms with Gasteiger partial charge in [-0.15, -0.1) is 0 Å². The molecule has 0 aliphatic heterocycles. The number of hydrogen-bond donors (Lipinski definition) is 2. The van der Waals surface area contributed by atoms with Gasteiger partial charge in [-0.1, -0.05) is 13.8 Å². The van der Waals surface area contributed by atoms with E-state index in [1.807, 2.05) is 19.9 Å². The SMILES string of the molecule is CC(C)CC(=O)Nc1ccc2c(c1)[nH]c(=O)n2C. The van der Waals surface area contributed by atoms with E-state index in [-0.39, 0.29) is 11.6 Å². The zero-order valence-electron chi connectivity index (χ0n) is 10.8. The number of aromatic nitrogens is 2. The Labute approximate surface area is 105 Å². The molecule has 2 N–H and O–H groups in total. The van der Waals surface area contributed by atoms with Gasteiger partial charge < -0.3 is 10.3 Å². The quantitative estimate of drug-likeness (QED) is 0.869. The smallest absolute Gasteiger partial charge is 0.326 e. The zero-order chi connectivity index (χ0) is 13.3. The summed E-state index contributed by atoms with van der Waals surface area (Å²) in [4.78, 5) is 25.8. The maximum absolute atomic E-state index is 11.6. The summed E-state index contributed by atoms with van der Waals surface area (Å²) >= 11 is 0. The Kier molecular flexibility index (Phi) is 3.23. The van der Waals surface area contributed by atoms with Crippen molar-refractivity contribution in [2.45, 2.75) is 20.3 Å². The van der Waals surface area contributed by atoms with E-state index >= 15 is 0 Å². The zero-order valence-corrected chi connectivity index (χ0v) is 10.8. The number of anilines is 1. The van der Waals surface area contributed by atoms with Crippen LogP contribution in [0.2, 0.25) is 0 Å². The number of aromatic amines is 1. The van der Waals surface area contributed by atoms with Gasteiger partial charge in [0.05, 0.1) is 11.0 Å². The van der Waals surface area contributed by atoms with E-state index in [1.165, 1.54) is 4.57 Å². The van der Waals surface area contributed by atoms with E-state index in [4.69, 9.17) is 0 Å². The molecule has 0 bridgehead atoms. The van der Waals surface area contributed by atoms with E-state index in [9.17, 15) is 9.59 Å². The van der Waals surface area contributed by atoms with Gasteiger partial charge in [-0.25, -0.2) is 4.79 Å². The van der Waals surface area contributed by atoms with Crippen LogP contribution in [-0.4, -0.2) is 15.5 Å². The second kappa shape index (κ2) is 4.68. The number of imidazole rings is 1. The molecule has 0 unspecified atom stereocenters. The summed E-state index contributed by atoms with van der Waals surface area (Å²) < 4.78 is 1.54. The van der Waals surface area contributed by atoms with Crippen LogP contribution in [0, 0.1) is 5.92 Å². The van der Waals surface area contributed by atoms with Gasteiger partial charge >= 0.3 is 5.69 Å². The molecule has 1 heterocycles. The number of nitrogens with zero attached hydrogens (tertiary/aromatic N) is 1. The van der Waals surface area contributed by atoms with Gasteiger partial charge in [-0.2, -0.15) is 0 Å². The van der Waals surface area contributed by atoms with Crippen molar-refractivity contribution in [1.82, 2.24) is 9.55 Å². The number of nitrogens with one attached hydrogen (secondary N) is 2. The van der Waals surface area contributed by atoms with Crippen molar-refractivity contribution >= 4 is 22.6 Å². The van der Waals surface area contributed by atoms with Gasteiger partial charge in [0.25, 0.3) is 0 Å². The van der Waals surface area contributed by atoms with Crippen LogP contribution in [-0.2, 0) is 11.8 Å². The molecular formula is C13H17N3O2. The summed E-state index contributed by atoms with van der Waals surface area (Å²) in [5.74, 6) is 0.313. The van der Waals surface area contributed by atoms with Crippen molar-refractivity contribution < 1.29 is 4.79 Å². The first-order valence-electron chi connectivity index (χ1n) is 5.96. The third kappa shape index (κ3) is 2.45. The topological polar surface area (TPSA) is 66.9 Å². The summed E-state index contributed by atoms with van der Waals surface area (Å²) in [5.41, 5.74) is 2.09. The molecule has 0 atom stereocenters. The molecule has 0 radical (unpaired) electrons. The van der Waals surface area contributed by atoms with Crippen LogP contribution in [0.4, 0.5) is 5.69 Å². The Balaban J connectivity index is 2.25. The van der Waals surface area contributed by atoms with Gasteiger partial charge in [-0.3, -0.25) is 9.36 Å². The molecule has 0 saturated heterocycles. The molecule has 18 heavy (non-hydrogen) atoms. The van der Waals surface area contributed by atoms with E-state index in [0.29, 0.717) is 18.0 Å². The molecule has 2 rings (SSSR count). The van der Waals surface area contributed by atoms with Gasteiger partial charge in [-0.05, 0) is 24.1 Å². The van der Waals surface area contributed by atoms with Crippen LogP contribution in [0.3, 0.4) is 0 Å². The number of benzene rings is 1. The second-order valence-electron chi connectivity index (χ2n) is 4.87. The highest BCUT2D eigenvalue weighted by atomic mass is 16.2. The summed E-state index contributed by atoms with van der Waals surface area (Å²) in [6.07, 6.45) is 0.489. The highest BCUT2D eigenvalue weighted by Gasteiger charge is 2.07. The number of carbonyl (C=O) groups excluding carboxylic acids is 1. The van der Waals surface area contributed by atoms with E-state index < -0.39 is 0 Å². The summed E-state index contributed by atoms with van der Waals surface area (Å²) in [6, 6.07) is 5.39. The Bertz CT molecular complexity index is 637. The minimum absolute atomic E-state index is 0.0115. The van der Waals surface area contributed by atoms with E-state index in [0.717, 1.165) is 11.0 Å². The van der Waals surface area contributed by atoms with Crippen molar-refractivity contribution in [3.05, 3.63) is 28.7 Å². The largest absolute Gasteiger partial charge is 0.326 e. The predicted molar refractivity (Wildman–Crippen MR) is 71.6 cm³/mol. The highest BCUT2D eigenvalue weighted by molar-refractivity contribution is 5.93. The number of amides is 1. The average Bonchev–Trinajstić information content (AvgIpc) is 2.53. The molecule has 5 nitrogen and oxygen atoms in total. The van der Waals surface area contributed by atoms with Crippen molar-refractivity contribution in [3.63, 3.8) is 0 Å². The maximum Gasteiger partial charge on any atom is 0.326 e. The third-order valence-corrected chi connectivity index (χ3v) is 2.78. The molecule has 5 heteroatoms. The summed E-state index contributed by atoms with van der Waals surface area (Å²) in [7, 11) is 1.71. The molecule has 2 aromatic rings. The monoisotopic (exact) mass is 247 g/mol. The number of rotatable bonds is 3. The van der Waals surface area contributed by atoms with Crippen LogP contribution in [0.1, 0.15) is 20.3 Å². The fourth-order valence-corrected chi connectivity index (χ4v) is 1.90. The van der Waals surface area contributed by atoms with E-state index in [2.05, 4.69) is 10.3 Å². The Hall–Kier alpha value is -2.04. The van der Waals surface area contributed by atoms with Gasteiger partial charge in [0.1, 0.15) is 0 Å². The number of H-pyrrole nitrogens is 1. The van der Waals surface area contributed by atoms with Crippen LogP contribution in [0.5, 0.6) is 0 Å². The van der Waals surface area contributed by atoms with Crippen LogP contribution >= 0.6 is 0 Å². The van der Waals surface area contributed by atoms with Crippen molar-refractivity contribution in [2.75, 3.05) is 5.32 Å². The van der Waals surface area contributed by atoms with Crippen LogP contribution in [0.25, 0.3) is 11.0 Å². The third-order valence-electron chi connectivity index (χ3n) is 2.78. The lowest BCUT2D eigenvalue weighted by Crippen LogP contribution is -2.13. The Morgan fingerprint density at radius 1 is 1.44 bits per heavy atom. The number of aryl methyl sites for hydroxylation is 1. The molecule has 0 spiro atoms. The first-order chi connectivity index (χ1) is 8.47. The minimum Gasteiger partial charge on any atom is -0.326 e. The molecule has 1 aromatic heterocycles. The highest BCUT2D eigenvalue weighted by Crippen LogP contribution is 2.16. The first kappa shape index (κ1) is 12.4. The minimum atomic E-state index is -0.157. The van der Waals surface area contributed by atoms with Gasteiger partial charge in [0, 0.05) is 19.2 Å². The lowest BCUT2D eigenvalue weighted by molar-refractivity contribution is -0.116. The fraction of sp³-hybridized carbons (Fsp3) is 0.385. The second-order valence-corrected chi connectivity index (χ2v) is 4.87. The Morgan fingerprint density at radius 2 is 2.17 bits per heavy atom. The molecule has 0 fully saturated rings. The number of hydrogen-bond acceptors (Lipinski definition) is 2. The summed E-state index contributed by atoms with van der Waals surface area (Å²) in [5, 5.41) is 2.82. The molecule has 1 amide bonds. The summed E-state index contributed by atoms with van der Waals surface area (Å²) in [6.45, 7) is 3.99. The van der Waals surface area contributed by atoms with Crippen molar-refractivity contribution in [3.8, 4) is 0 Å². The molecule has 0 saturated carbocycles. The number of fused-ring (bicyclic) bond motifs is 1. The lowest BCUT2D eigenvalue weighted by Gasteiger charge is -2.07. The standard InChI is InChI=1S/C13H17N3O2/c1-8(2)6-12(17)14-9-4-5-11-10(7-9)15-13(18)16(11)3/h4-5,7-8H,6H2,1-3H3,(H,14,17)(H,15,18). The molecule has 1 aromatic carbocycles. The fourth-order valence-electron chi connectivity index (χ4n) is 1.90. The first-order valence-corrected chi connectivity index (χ1v) is 5.96. The predicted octanol–water partition coefficient (Wildman–Crippen LogP) is 1.85. The molecule has 0 aliphatic rings. The van der Waals surface area contributed by atoms with Crippen LogP contribution in [0.15, 0.2) is 23.0 Å². The van der Waals surface area contributed by atoms with E-state index in [1.54, 1.807) is 19.2 Å². The number of carbonyl (C=O) groups is 1. The van der Waals surface area contributed by atoms with Gasteiger partial charge in [0.15, 0.2) is 0 Å². The lowest BCUT2D eigenvalue weighted by atomic mass is 10.1. The Morgan fingerprint density at radius 3 is 2.83 bits per heavy atom. The normalized spacial score (nSPS) is 11.1. The van der Waals surface area contributed by atoms with Gasteiger partial charge in [0.2, 0.25) is 5.91 Å². The van der Waals surface area contributed by atoms with Crippen molar-refractivity contribution in [2.24, 2.45) is 13.0 Å². The van der Waals surface area contributed by atoms with Crippen LogP contribution < -0.4 is 11.0 Å².